The third kappa shape index (κ3) is 5.09. The molecular formula is C18H21NO3S3. The Hall–Kier alpha value is -1.31. The minimum atomic E-state index is -3.02. The van der Waals surface area contributed by atoms with Gasteiger partial charge < -0.3 is 4.90 Å². The number of thiophene rings is 1. The van der Waals surface area contributed by atoms with Crippen LogP contribution in [0, 0.1) is 6.92 Å². The molecule has 1 aromatic heterocycles. The molecule has 2 heterocycles. The normalized spacial score (nSPS) is 19.0. The topological polar surface area (TPSA) is 54.5 Å². The third-order valence-electron chi connectivity index (χ3n) is 4.26. The van der Waals surface area contributed by atoms with Crippen LogP contribution in [0.15, 0.2) is 46.7 Å². The zero-order valence-electron chi connectivity index (χ0n) is 14.1. The van der Waals surface area contributed by atoms with Crippen molar-refractivity contribution in [3.05, 3.63) is 52.2 Å². The van der Waals surface area contributed by atoms with Crippen molar-refractivity contribution in [3.63, 3.8) is 0 Å². The van der Waals surface area contributed by atoms with Gasteiger partial charge in [0.05, 0.1) is 23.8 Å². The minimum Gasteiger partial charge on any atom is -0.333 e. The van der Waals surface area contributed by atoms with E-state index in [2.05, 4.69) is 0 Å². The summed E-state index contributed by atoms with van der Waals surface area (Å²) in [5.74, 6) is 0.586. The van der Waals surface area contributed by atoms with Gasteiger partial charge in [0.1, 0.15) is 0 Å². The van der Waals surface area contributed by atoms with Gasteiger partial charge in [0.25, 0.3) is 0 Å². The van der Waals surface area contributed by atoms with Crippen LogP contribution in [0.1, 0.15) is 16.9 Å². The molecule has 1 aliphatic heterocycles. The summed E-state index contributed by atoms with van der Waals surface area (Å²) in [5.41, 5.74) is 1.19. The summed E-state index contributed by atoms with van der Waals surface area (Å²) in [7, 11) is -3.02. The number of carbonyl (C=O) groups excluding carboxylic acids is 1. The van der Waals surface area contributed by atoms with Gasteiger partial charge in [-0.2, -0.15) is 0 Å². The number of amides is 1. The molecule has 1 aliphatic rings. The second-order valence-electron chi connectivity index (χ2n) is 6.26. The van der Waals surface area contributed by atoms with Crippen molar-refractivity contribution in [2.24, 2.45) is 0 Å². The van der Waals surface area contributed by atoms with E-state index in [0.29, 0.717) is 18.7 Å². The lowest BCUT2D eigenvalue weighted by atomic mass is 10.2. The largest absolute Gasteiger partial charge is 0.333 e. The minimum absolute atomic E-state index is 0.000995. The summed E-state index contributed by atoms with van der Waals surface area (Å²) in [5, 5.41) is 1.98. The Balaban J connectivity index is 1.69. The highest BCUT2D eigenvalue weighted by Crippen LogP contribution is 2.25. The Labute approximate surface area is 157 Å². The monoisotopic (exact) mass is 395 g/mol. The highest BCUT2D eigenvalue weighted by Gasteiger charge is 2.34. The highest BCUT2D eigenvalue weighted by molar-refractivity contribution is 8.00. The molecule has 4 nitrogen and oxygen atoms in total. The summed E-state index contributed by atoms with van der Waals surface area (Å²) < 4.78 is 23.7. The molecule has 1 atom stereocenters. The number of sulfone groups is 1. The summed E-state index contributed by atoms with van der Waals surface area (Å²) in [6, 6.07) is 11.8. The number of hydrogen-bond donors (Lipinski definition) is 0. The molecule has 0 saturated carbocycles. The first-order valence-electron chi connectivity index (χ1n) is 8.15. The van der Waals surface area contributed by atoms with Gasteiger partial charge in [-0.05, 0) is 36.9 Å². The predicted molar refractivity (Wildman–Crippen MR) is 104 cm³/mol. The van der Waals surface area contributed by atoms with Crippen LogP contribution >= 0.6 is 23.1 Å². The van der Waals surface area contributed by atoms with Gasteiger partial charge in [0, 0.05) is 15.8 Å². The lowest BCUT2D eigenvalue weighted by molar-refractivity contribution is -0.130. The first-order valence-corrected chi connectivity index (χ1v) is 11.8. The van der Waals surface area contributed by atoms with Crippen molar-refractivity contribution in [3.8, 4) is 0 Å². The van der Waals surface area contributed by atoms with Crippen LogP contribution in [-0.4, -0.2) is 42.5 Å². The van der Waals surface area contributed by atoms with E-state index in [9.17, 15) is 13.2 Å². The van der Waals surface area contributed by atoms with Crippen LogP contribution in [0.25, 0.3) is 0 Å². The number of carbonyl (C=O) groups is 1. The third-order valence-corrected chi connectivity index (χ3v) is 7.87. The fraction of sp³-hybridized carbons (Fsp3) is 0.389. The summed E-state index contributed by atoms with van der Waals surface area (Å²) in [6.45, 7) is 2.52. The van der Waals surface area contributed by atoms with Gasteiger partial charge in [-0.1, -0.05) is 23.8 Å². The van der Waals surface area contributed by atoms with E-state index in [0.717, 1.165) is 9.77 Å². The number of rotatable bonds is 6. The predicted octanol–water partition coefficient (Wildman–Crippen LogP) is 3.36. The lowest BCUT2D eigenvalue weighted by Crippen LogP contribution is -2.41. The maximum Gasteiger partial charge on any atom is 0.233 e. The summed E-state index contributed by atoms with van der Waals surface area (Å²) >= 11 is 3.09. The molecule has 0 radical (unpaired) electrons. The number of aryl methyl sites for hydroxylation is 1. The molecule has 0 spiro atoms. The van der Waals surface area contributed by atoms with E-state index in [1.807, 2.05) is 48.7 Å². The first-order chi connectivity index (χ1) is 11.9. The van der Waals surface area contributed by atoms with Gasteiger partial charge in [-0.3, -0.25) is 4.79 Å². The second kappa shape index (κ2) is 7.93. The Morgan fingerprint density at radius 2 is 2.04 bits per heavy atom. The Kier molecular flexibility index (Phi) is 5.86. The lowest BCUT2D eigenvalue weighted by Gasteiger charge is -2.28. The fourth-order valence-electron chi connectivity index (χ4n) is 2.88. The molecule has 1 amide bonds. The van der Waals surface area contributed by atoms with E-state index < -0.39 is 9.84 Å². The van der Waals surface area contributed by atoms with Gasteiger partial charge in [0.2, 0.25) is 5.91 Å². The van der Waals surface area contributed by atoms with Crippen LogP contribution < -0.4 is 0 Å². The summed E-state index contributed by atoms with van der Waals surface area (Å²) in [4.78, 5) is 16.7. The molecule has 7 heteroatoms. The van der Waals surface area contributed by atoms with Crippen molar-refractivity contribution in [2.75, 3.05) is 17.3 Å². The standard InChI is InChI=1S/C18H21NO3S3/c1-14-4-6-16(7-5-14)24-12-18(20)19(11-17-3-2-9-23-17)15-8-10-25(21,22)13-15/h2-7,9,15H,8,10-13H2,1H3. The molecule has 1 fully saturated rings. The maximum absolute atomic E-state index is 12.8. The average molecular weight is 396 g/mol. The molecule has 0 aliphatic carbocycles. The SMILES string of the molecule is Cc1ccc(SCC(=O)N(Cc2cccs2)C2CCS(=O)(=O)C2)cc1. The number of nitrogens with zero attached hydrogens (tertiary/aromatic N) is 1. The molecule has 1 unspecified atom stereocenters. The summed E-state index contributed by atoms with van der Waals surface area (Å²) in [6.07, 6.45) is 0.536. The molecule has 134 valence electrons. The highest BCUT2D eigenvalue weighted by atomic mass is 32.2. The number of hydrogen-bond acceptors (Lipinski definition) is 5. The molecule has 0 N–H and O–H groups in total. The van der Waals surface area contributed by atoms with E-state index in [1.54, 1.807) is 16.2 Å². The van der Waals surface area contributed by atoms with E-state index in [-0.39, 0.29) is 23.5 Å². The second-order valence-corrected chi connectivity index (χ2v) is 10.6. The van der Waals surface area contributed by atoms with Crippen LogP contribution in [-0.2, 0) is 21.2 Å². The Morgan fingerprint density at radius 3 is 2.64 bits per heavy atom. The first kappa shape index (κ1) is 18.5. The average Bonchev–Trinajstić information content (AvgIpc) is 3.21. The molecular weight excluding hydrogens is 374 g/mol. The molecule has 3 rings (SSSR count). The van der Waals surface area contributed by atoms with Gasteiger partial charge in [-0.15, -0.1) is 23.1 Å². The van der Waals surface area contributed by atoms with Gasteiger partial charge in [0.15, 0.2) is 9.84 Å². The smallest absolute Gasteiger partial charge is 0.233 e. The molecule has 25 heavy (non-hydrogen) atoms. The maximum atomic E-state index is 12.8. The molecule has 1 aromatic carbocycles. The molecule has 1 saturated heterocycles. The number of benzene rings is 1. The molecule has 2 aromatic rings. The van der Waals surface area contributed by atoms with Crippen molar-refractivity contribution in [1.29, 1.82) is 0 Å². The zero-order valence-corrected chi connectivity index (χ0v) is 16.5. The molecule has 0 bridgehead atoms. The number of thioether (sulfide) groups is 1. The Morgan fingerprint density at radius 1 is 1.28 bits per heavy atom. The van der Waals surface area contributed by atoms with Crippen LogP contribution in [0.4, 0.5) is 0 Å². The quantitative estimate of drug-likeness (QED) is 0.704. The van der Waals surface area contributed by atoms with Crippen molar-refractivity contribution in [1.82, 2.24) is 4.90 Å². The van der Waals surface area contributed by atoms with Crippen LogP contribution in [0.2, 0.25) is 0 Å². The van der Waals surface area contributed by atoms with Gasteiger partial charge in [-0.25, -0.2) is 8.42 Å². The van der Waals surface area contributed by atoms with E-state index >= 15 is 0 Å². The van der Waals surface area contributed by atoms with Crippen LogP contribution in [0.3, 0.4) is 0 Å². The van der Waals surface area contributed by atoms with E-state index in [1.165, 1.54) is 17.3 Å². The van der Waals surface area contributed by atoms with Crippen molar-refractivity contribution < 1.29 is 13.2 Å². The van der Waals surface area contributed by atoms with Crippen molar-refractivity contribution in [2.45, 2.75) is 30.8 Å². The van der Waals surface area contributed by atoms with Gasteiger partial charge >= 0.3 is 0 Å². The van der Waals surface area contributed by atoms with E-state index in [4.69, 9.17) is 0 Å². The van der Waals surface area contributed by atoms with Crippen molar-refractivity contribution >= 4 is 38.8 Å². The van der Waals surface area contributed by atoms with Crippen LogP contribution in [0.5, 0.6) is 0 Å². The Bertz CT molecular complexity index is 814. The zero-order chi connectivity index (χ0) is 17.9. The fourth-order valence-corrected chi connectivity index (χ4v) is 6.09.